The van der Waals surface area contributed by atoms with Crippen molar-refractivity contribution in [3.8, 4) is 0 Å². The van der Waals surface area contributed by atoms with Crippen molar-refractivity contribution in [2.75, 3.05) is 0 Å². The van der Waals surface area contributed by atoms with Crippen LogP contribution in [0.25, 0.3) is 10.9 Å². The first kappa shape index (κ1) is 13.8. The first-order chi connectivity index (χ1) is 10.2. The average Bonchev–Trinajstić information content (AvgIpc) is 2.52. The third kappa shape index (κ3) is 2.69. The molecular weight excluding hydrogens is 254 g/mol. The van der Waals surface area contributed by atoms with Gasteiger partial charge < -0.3 is 0 Å². The number of hydrogen-bond donors (Lipinski definition) is 0. The third-order valence-corrected chi connectivity index (χ3v) is 4.27. The summed E-state index contributed by atoms with van der Waals surface area (Å²) in [6.07, 6.45) is 2.02. The Hall–Kier alpha value is -2.15. The second-order valence-corrected chi connectivity index (χ2v) is 5.67. The number of nitrogens with zero attached hydrogens (tertiary/aromatic N) is 1. The van der Waals surface area contributed by atoms with Gasteiger partial charge in [-0.1, -0.05) is 43.3 Å². The molecule has 106 valence electrons. The van der Waals surface area contributed by atoms with Crippen molar-refractivity contribution in [1.82, 2.24) is 4.98 Å². The molecule has 3 rings (SSSR count). The molecule has 0 spiro atoms. The Kier molecular flexibility index (Phi) is 3.74. The van der Waals surface area contributed by atoms with Gasteiger partial charge >= 0.3 is 0 Å². The van der Waals surface area contributed by atoms with E-state index in [1.807, 2.05) is 0 Å². The predicted molar refractivity (Wildman–Crippen MR) is 89.8 cm³/mol. The summed E-state index contributed by atoms with van der Waals surface area (Å²) in [7, 11) is 0. The number of fused-ring (bicyclic) bond motifs is 1. The highest BCUT2D eigenvalue weighted by Crippen LogP contribution is 2.26. The Balaban J connectivity index is 2.13. The molecule has 0 unspecified atom stereocenters. The van der Waals surface area contributed by atoms with Gasteiger partial charge in [0.2, 0.25) is 0 Å². The lowest BCUT2D eigenvalue weighted by Crippen LogP contribution is -2.00. The van der Waals surface area contributed by atoms with Crippen LogP contribution in [0.5, 0.6) is 0 Å². The summed E-state index contributed by atoms with van der Waals surface area (Å²) in [4.78, 5) is 4.81. The maximum absolute atomic E-state index is 4.81. The molecule has 0 saturated carbocycles. The number of rotatable bonds is 3. The molecule has 0 saturated heterocycles. The van der Waals surface area contributed by atoms with Crippen LogP contribution in [-0.4, -0.2) is 4.98 Å². The van der Waals surface area contributed by atoms with Crippen molar-refractivity contribution in [3.63, 3.8) is 0 Å². The molecule has 0 N–H and O–H groups in total. The summed E-state index contributed by atoms with van der Waals surface area (Å²) in [5.41, 5.74) is 7.71. The normalized spacial score (nSPS) is 11.0. The van der Waals surface area contributed by atoms with E-state index in [-0.39, 0.29) is 0 Å². The first-order valence-corrected chi connectivity index (χ1v) is 7.61. The molecule has 0 radical (unpaired) electrons. The predicted octanol–water partition coefficient (Wildman–Crippen LogP) is 5.00. The smallest absolute Gasteiger partial charge is 0.0708 e. The maximum atomic E-state index is 4.81. The minimum absolute atomic E-state index is 0.956. The third-order valence-electron chi connectivity index (χ3n) is 4.27. The average molecular weight is 275 g/mol. The fourth-order valence-corrected chi connectivity index (χ4v) is 2.94. The zero-order chi connectivity index (χ0) is 14.8. The summed E-state index contributed by atoms with van der Waals surface area (Å²) in [5.74, 6) is 0. The number of benzene rings is 2. The molecule has 0 aliphatic rings. The molecular formula is C20H21N. The molecule has 2 aromatic carbocycles. The number of aromatic nitrogens is 1. The quantitative estimate of drug-likeness (QED) is 0.655. The molecule has 0 aliphatic carbocycles. The highest BCUT2D eigenvalue weighted by molar-refractivity contribution is 5.84. The van der Waals surface area contributed by atoms with Gasteiger partial charge in [-0.25, -0.2) is 0 Å². The molecule has 1 nitrogen and oxygen atoms in total. The maximum Gasteiger partial charge on any atom is 0.0708 e. The Labute approximate surface area is 126 Å². The molecule has 0 atom stereocenters. The van der Waals surface area contributed by atoms with Crippen LogP contribution in [0.1, 0.15) is 34.9 Å². The van der Waals surface area contributed by atoms with E-state index in [0.29, 0.717) is 0 Å². The SMILES string of the molecule is CCc1ccc2nc(C)c(Cc3ccccc3)c(C)c2c1. The van der Waals surface area contributed by atoms with E-state index in [4.69, 9.17) is 4.98 Å². The van der Waals surface area contributed by atoms with Crippen molar-refractivity contribution in [2.45, 2.75) is 33.6 Å². The van der Waals surface area contributed by atoms with Crippen molar-refractivity contribution in [1.29, 1.82) is 0 Å². The fourth-order valence-electron chi connectivity index (χ4n) is 2.94. The van der Waals surface area contributed by atoms with Gasteiger partial charge in [0.15, 0.2) is 0 Å². The van der Waals surface area contributed by atoms with E-state index in [1.54, 1.807) is 0 Å². The zero-order valence-electron chi connectivity index (χ0n) is 13.0. The van der Waals surface area contributed by atoms with Crippen LogP contribution in [0.2, 0.25) is 0 Å². The molecule has 0 bridgehead atoms. The highest BCUT2D eigenvalue weighted by atomic mass is 14.7. The lowest BCUT2D eigenvalue weighted by atomic mass is 9.95. The summed E-state index contributed by atoms with van der Waals surface area (Å²) < 4.78 is 0. The lowest BCUT2D eigenvalue weighted by Gasteiger charge is -2.13. The van der Waals surface area contributed by atoms with Gasteiger partial charge in [-0.2, -0.15) is 0 Å². The largest absolute Gasteiger partial charge is 0.253 e. The molecule has 0 amide bonds. The van der Waals surface area contributed by atoms with Crippen LogP contribution in [-0.2, 0) is 12.8 Å². The van der Waals surface area contributed by atoms with E-state index in [0.717, 1.165) is 24.1 Å². The number of pyridine rings is 1. The Morgan fingerprint density at radius 2 is 1.67 bits per heavy atom. The lowest BCUT2D eigenvalue weighted by molar-refractivity contribution is 1.07. The van der Waals surface area contributed by atoms with Crippen molar-refractivity contribution < 1.29 is 0 Å². The fraction of sp³-hybridized carbons (Fsp3) is 0.250. The number of aryl methyl sites for hydroxylation is 3. The van der Waals surface area contributed by atoms with Crippen molar-refractivity contribution in [2.24, 2.45) is 0 Å². The molecule has 0 aliphatic heterocycles. The minimum Gasteiger partial charge on any atom is -0.253 e. The van der Waals surface area contributed by atoms with Gasteiger partial charge in [-0.05, 0) is 61.1 Å². The minimum atomic E-state index is 0.956. The zero-order valence-corrected chi connectivity index (χ0v) is 13.0. The van der Waals surface area contributed by atoms with Gasteiger partial charge in [0.25, 0.3) is 0 Å². The standard InChI is InChI=1S/C20H21N/c1-4-16-10-11-20-19(12-16)14(2)18(15(3)21-20)13-17-8-6-5-7-9-17/h5-12H,4,13H2,1-3H3. The van der Waals surface area contributed by atoms with Crippen molar-refractivity contribution in [3.05, 3.63) is 76.5 Å². The van der Waals surface area contributed by atoms with Crippen LogP contribution < -0.4 is 0 Å². The molecule has 3 aromatic rings. The molecule has 1 heterocycles. The summed E-state index contributed by atoms with van der Waals surface area (Å²) in [5, 5.41) is 1.30. The monoisotopic (exact) mass is 275 g/mol. The van der Waals surface area contributed by atoms with Gasteiger partial charge in [0.05, 0.1) is 5.52 Å². The Morgan fingerprint density at radius 1 is 0.905 bits per heavy atom. The second kappa shape index (κ2) is 5.69. The molecule has 0 fully saturated rings. The Bertz CT molecular complexity index is 773. The highest BCUT2D eigenvalue weighted by Gasteiger charge is 2.10. The second-order valence-electron chi connectivity index (χ2n) is 5.67. The van der Waals surface area contributed by atoms with E-state index in [2.05, 4.69) is 69.3 Å². The van der Waals surface area contributed by atoms with Gasteiger partial charge in [-0.15, -0.1) is 0 Å². The summed E-state index contributed by atoms with van der Waals surface area (Å²) in [6, 6.07) is 17.3. The first-order valence-electron chi connectivity index (χ1n) is 7.61. The van der Waals surface area contributed by atoms with Gasteiger partial charge in [-0.3, -0.25) is 4.98 Å². The van der Waals surface area contributed by atoms with Crippen LogP contribution in [0, 0.1) is 13.8 Å². The van der Waals surface area contributed by atoms with E-state index in [9.17, 15) is 0 Å². The topological polar surface area (TPSA) is 12.9 Å². The van der Waals surface area contributed by atoms with Crippen molar-refractivity contribution >= 4 is 10.9 Å². The van der Waals surface area contributed by atoms with E-state index < -0.39 is 0 Å². The van der Waals surface area contributed by atoms with E-state index in [1.165, 1.54) is 27.6 Å². The summed E-state index contributed by atoms with van der Waals surface area (Å²) in [6.45, 7) is 6.55. The summed E-state index contributed by atoms with van der Waals surface area (Å²) >= 11 is 0. The van der Waals surface area contributed by atoms with Crippen LogP contribution in [0.3, 0.4) is 0 Å². The molecule has 1 aromatic heterocycles. The van der Waals surface area contributed by atoms with Crippen LogP contribution in [0.15, 0.2) is 48.5 Å². The number of hydrogen-bond acceptors (Lipinski definition) is 1. The Morgan fingerprint density at radius 3 is 2.38 bits per heavy atom. The molecule has 21 heavy (non-hydrogen) atoms. The van der Waals surface area contributed by atoms with Crippen LogP contribution in [0.4, 0.5) is 0 Å². The van der Waals surface area contributed by atoms with Crippen LogP contribution >= 0.6 is 0 Å². The van der Waals surface area contributed by atoms with Gasteiger partial charge in [0, 0.05) is 11.1 Å². The molecule has 1 heteroatoms. The van der Waals surface area contributed by atoms with E-state index >= 15 is 0 Å². The van der Waals surface area contributed by atoms with Gasteiger partial charge in [0.1, 0.15) is 0 Å².